The van der Waals surface area contributed by atoms with Crippen molar-refractivity contribution in [3.8, 4) is 17.2 Å². The summed E-state index contributed by atoms with van der Waals surface area (Å²) in [6.45, 7) is 1.68. The van der Waals surface area contributed by atoms with Crippen LogP contribution in [0.2, 0.25) is 0 Å². The predicted molar refractivity (Wildman–Crippen MR) is 97.9 cm³/mol. The van der Waals surface area contributed by atoms with E-state index in [0.717, 1.165) is 16.0 Å². The van der Waals surface area contributed by atoms with E-state index in [1.54, 1.807) is 33.3 Å². The minimum absolute atomic E-state index is 0.281. The van der Waals surface area contributed by atoms with E-state index in [-0.39, 0.29) is 5.91 Å². The van der Waals surface area contributed by atoms with Crippen molar-refractivity contribution < 1.29 is 19.0 Å². The van der Waals surface area contributed by atoms with Crippen molar-refractivity contribution in [2.75, 3.05) is 19.5 Å². The van der Waals surface area contributed by atoms with Gasteiger partial charge in [-0.1, -0.05) is 23.5 Å². The van der Waals surface area contributed by atoms with E-state index in [1.165, 1.54) is 11.3 Å². The van der Waals surface area contributed by atoms with Crippen molar-refractivity contribution in [2.45, 2.75) is 13.0 Å². The maximum absolute atomic E-state index is 12.4. The standard InChI is InChI=1S/C18H18N2O4S/c1-11(24-15-7-5-4-6-14(15)23-3)17(21)20-18-19-13-9-8-12(22-2)10-16(13)25-18/h4-11H,1-3H3,(H,19,20,21)/t11-/m0/s1. The average molecular weight is 358 g/mol. The monoisotopic (exact) mass is 358 g/mol. The molecular formula is C18H18N2O4S. The number of amides is 1. The number of ether oxygens (including phenoxy) is 3. The Morgan fingerprint density at radius 2 is 1.88 bits per heavy atom. The van der Waals surface area contributed by atoms with Crippen LogP contribution in [0.5, 0.6) is 17.2 Å². The molecule has 0 aliphatic heterocycles. The summed E-state index contributed by atoms with van der Waals surface area (Å²) < 4.78 is 17.1. The van der Waals surface area contributed by atoms with Gasteiger partial charge in [0, 0.05) is 0 Å². The molecule has 25 heavy (non-hydrogen) atoms. The molecule has 1 N–H and O–H groups in total. The topological polar surface area (TPSA) is 69.7 Å². The van der Waals surface area contributed by atoms with Gasteiger partial charge in [0.05, 0.1) is 24.4 Å². The Kier molecular flexibility index (Phi) is 5.04. The third-order valence-electron chi connectivity index (χ3n) is 3.57. The Morgan fingerprint density at radius 1 is 1.12 bits per heavy atom. The number of carbonyl (C=O) groups is 1. The van der Waals surface area contributed by atoms with Gasteiger partial charge in [-0.05, 0) is 37.3 Å². The Balaban J connectivity index is 1.71. The number of nitrogens with one attached hydrogen (secondary N) is 1. The predicted octanol–water partition coefficient (Wildman–Crippen LogP) is 3.72. The van der Waals surface area contributed by atoms with Crippen LogP contribution in [0.3, 0.4) is 0 Å². The van der Waals surface area contributed by atoms with Gasteiger partial charge in [-0.15, -0.1) is 0 Å². The molecule has 0 saturated carbocycles. The first-order chi connectivity index (χ1) is 12.1. The first kappa shape index (κ1) is 17.0. The van der Waals surface area contributed by atoms with E-state index in [0.29, 0.717) is 16.6 Å². The van der Waals surface area contributed by atoms with Crippen LogP contribution in [-0.2, 0) is 4.79 Å². The number of methoxy groups -OCH3 is 2. The highest BCUT2D eigenvalue weighted by atomic mass is 32.1. The lowest BCUT2D eigenvalue weighted by Gasteiger charge is -2.15. The van der Waals surface area contributed by atoms with Crippen molar-refractivity contribution in [3.63, 3.8) is 0 Å². The van der Waals surface area contributed by atoms with Crippen LogP contribution in [-0.4, -0.2) is 31.2 Å². The lowest BCUT2D eigenvalue weighted by atomic mass is 10.3. The fraction of sp³-hybridized carbons (Fsp3) is 0.222. The van der Waals surface area contributed by atoms with Gasteiger partial charge in [-0.3, -0.25) is 10.1 Å². The quantitative estimate of drug-likeness (QED) is 0.727. The van der Waals surface area contributed by atoms with E-state index in [2.05, 4.69) is 10.3 Å². The number of nitrogens with zero attached hydrogens (tertiary/aromatic N) is 1. The Hall–Kier alpha value is -2.80. The van der Waals surface area contributed by atoms with E-state index in [1.807, 2.05) is 30.3 Å². The number of rotatable bonds is 6. The summed E-state index contributed by atoms with van der Waals surface area (Å²) >= 11 is 1.38. The van der Waals surface area contributed by atoms with E-state index in [9.17, 15) is 4.79 Å². The third-order valence-corrected chi connectivity index (χ3v) is 4.50. The summed E-state index contributed by atoms with van der Waals surface area (Å²) in [5.74, 6) is 1.56. The Bertz CT molecular complexity index is 894. The number of aromatic nitrogens is 1. The van der Waals surface area contributed by atoms with Gasteiger partial charge < -0.3 is 14.2 Å². The second-order valence-corrected chi connectivity index (χ2v) is 6.28. The molecule has 0 radical (unpaired) electrons. The summed E-state index contributed by atoms with van der Waals surface area (Å²) in [6.07, 6.45) is -0.696. The van der Waals surface area contributed by atoms with Gasteiger partial charge >= 0.3 is 0 Å². The fourth-order valence-electron chi connectivity index (χ4n) is 2.25. The summed E-state index contributed by atoms with van der Waals surface area (Å²) in [4.78, 5) is 16.8. The number of para-hydroxylation sites is 2. The van der Waals surface area contributed by atoms with E-state index in [4.69, 9.17) is 14.2 Å². The molecule has 0 saturated heterocycles. The molecule has 0 fully saturated rings. The van der Waals surface area contributed by atoms with E-state index < -0.39 is 6.10 Å². The van der Waals surface area contributed by atoms with Crippen molar-refractivity contribution >= 4 is 32.6 Å². The van der Waals surface area contributed by atoms with Gasteiger partial charge in [-0.25, -0.2) is 4.98 Å². The van der Waals surface area contributed by atoms with Gasteiger partial charge in [0.2, 0.25) is 0 Å². The highest BCUT2D eigenvalue weighted by Crippen LogP contribution is 2.30. The second-order valence-electron chi connectivity index (χ2n) is 5.25. The molecular weight excluding hydrogens is 340 g/mol. The SMILES string of the molecule is COc1ccc2nc(NC(=O)[C@H](C)Oc3ccccc3OC)sc2c1. The molecule has 2 aromatic carbocycles. The van der Waals surface area contributed by atoms with Crippen LogP contribution < -0.4 is 19.5 Å². The van der Waals surface area contributed by atoms with Crippen LogP contribution in [0.4, 0.5) is 5.13 Å². The molecule has 0 aliphatic rings. The van der Waals surface area contributed by atoms with Crippen molar-refractivity contribution in [3.05, 3.63) is 42.5 Å². The van der Waals surface area contributed by atoms with Crippen LogP contribution in [0.25, 0.3) is 10.2 Å². The molecule has 0 spiro atoms. The summed E-state index contributed by atoms with van der Waals surface area (Å²) in [5, 5.41) is 3.31. The average Bonchev–Trinajstić information content (AvgIpc) is 3.03. The molecule has 1 amide bonds. The molecule has 6 nitrogen and oxygen atoms in total. The van der Waals surface area contributed by atoms with Crippen LogP contribution in [0.1, 0.15) is 6.92 Å². The lowest BCUT2D eigenvalue weighted by Crippen LogP contribution is -2.30. The number of benzene rings is 2. The lowest BCUT2D eigenvalue weighted by molar-refractivity contribution is -0.122. The van der Waals surface area contributed by atoms with Gasteiger partial charge in [0.25, 0.3) is 5.91 Å². The molecule has 1 aromatic heterocycles. The number of thiazole rings is 1. The minimum atomic E-state index is -0.696. The second kappa shape index (κ2) is 7.40. The number of carbonyl (C=O) groups excluding carboxylic acids is 1. The summed E-state index contributed by atoms with van der Waals surface area (Å²) in [7, 11) is 3.17. The maximum Gasteiger partial charge on any atom is 0.266 e. The number of anilines is 1. The van der Waals surface area contributed by atoms with Crippen LogP contribution in [0, 0.1) is 0 Å². The summed E-state index contributed by atoms with van der Waals surface area (Å²) in [5.41, 5.74) is 0.805. The van der Waals surface area contributed by atoms with Gasteiger partial charge in [0.1, 0.15) is 5.75 Å². The molecule has 0 unspecified atom stereocenters. The minimum Gasteiger partial charge on any atom is -0.497 e. The molecule has 130 valence electrons. The number of fused-ring (bicyclic) bond motifs is 1. The number of hydrogen-bond donors (Lipinski definition) is 1. The molecule has 3 aromatic rings. The van der Waals surface area contributed by atoms with Crippen LogP contribution >= 0.6 is 11.3 Å². The largest absolute Gasteiger partial charge is 0.497 e. The number of hydrogen-bond acceptors (Lipinski definition) is 6. The Morgan fingerprint density at radius 3 is 2.60 bits per heavy atom. The summed E-state index contributed by atoms with van der Waals surface area (Å²) in [6, 6.07) is 12.8. The van der Waals surface area contributed by atoms with Gasteiger partial charge in [-0.2, -0.15) is 0 Å². The van der Waals surface area contributed by atoms with Crippen LogP contribution in [0.15, 0.2) is 42.5 Å². The molecule has 1 atom stereocenters. The fourth-order valence-corrected chi connectivity index (χ4v) is 3.15. The Labute approximate surface area is 149 Å². The zero-order valence-corrected chi connectivity index (χ0v) is 14.9. The first-order valence-electron chi connectivity index (χ1n) is 7.66. The van der Waals surface area contributed by atoms with E-state index >= 15 is 0 Å². The highest BCUT2D eigenvalue weighted by Gasteiger charge is 2.18. The van der Waals surface area contributed by atoms with Crippen molar-refractivity contribution in [1.29, 1.82) is 0 Å². The first-order valence-corrected chi connectivity index (χ1v) is 8.47. The highest BCUT2D eigenvalue weighted by molar-refractivity contribution is 7.22. The zero-order chi connectivity index (χ0) is 17.8. The molecule has 0 aliphatic carbocycles. The molecule has 3 rings (SSSR count). The zero-order valence-electron chi connectivity index (χ0n) is 14.1. The smallest absolute Gasteiger partial charge is 0.266 e. The normalized spacial score (nSPS) is 11.8. The molecule has 0 bridgehead atoms. The van der Waals surface area contributed by atoms with Gasteiger partial charge in [0.15, 0.2) is 22.7 Å². The third kappa shape index (κ3) is 3.83. The van der Waals surface area contributed by atoms with Crippen molar-refractivity contribution in [2.24, 2.45) is 0 Å². The molecule has 7 heteroatoms. The maximum atomic E-state index is 12.4. The molecule has 1 heterocycles. The van der Waals surface area contributed by atoms with Crippen molar-refractivity contribution in [1.82, 2.24) is 4.98 Å².